The van der Waals surface area contributed by atoms with E-state index < -0.39 is 0 Å². The molecule has 0 radical (unpaired) electrons. The molecule has 0 amide bonds. The second kappa shape index (κ2) is 8.97. The summed E-state index contributed by atoms with van der Waals surface area (Å²) < 4.78 is 0. The first-order valence-corrected chi connectivity index (χ1v) is 9.18. The minimum absolute atomic E-state index is 0.212. The van der Waals surface area contributed by atoms with E-state index in [1.807, 2.05) is 0 Å². The molecule has 1 aromatic rings. The van der Waals surface area contributed by atoms with E-state index in [0.29, 0.717) is 17.4 Å². The first-order valence-electron chi connectivity index (χ1n) is 9.18. The number of H-pyrrole nitrogens is 1. The third kappa shape index (κ3) is 4.66. The maximum atomic E-state index is 12.4. The van der Waals surface area contributed by atoms with Crippen LogP contribution in [0.4, 0.5) is 5.82 Å². The molecule has 0 bridgehead atoms. The lowest BCUT2D eigenvalue weighted by Crippen LogP contribution is -2.33. The molecular weight excluding hydrogens is 302 g/mol. The van der Waals surface area contributed by atoms with E-state index in [4.69, 9.17) is 10.4 Å². The van der Waals surface area contributed by atoms with Crippen LogP contribution in [0.15, 0.2) is 4.79 Å². The maximum Gasteiger partial charge on any atom is 0.261 e. The highest BCUT2D eigenvalue weighted by atomic mass is 16.1. The van der Waals surface area contributed by atoms with Crippen molar-refractivity contribution in [3.05, 3.63) is 21.7 Å². The Morgan fingerprint density at radius 1 is 1.50 bits per heavy atom. The lowest BCUT2D eigenvalue weighted by Gasteiger charge is -2.29. The van der Waals surface area contributed by atoms with E-state index in [9.17, 15) is 4.79 Å². The molecule has 1 aliphatic heterocycles. The van der Waals surface area contributed by atoms with Crippen LogP contribution in [0.5, 0.6) is 0 Å². The smallest absolute Gasteiger partial charge is 0.261 e. The van der Waals surface area contributed by atoms with Gasteiger partial charge in [0.2, 0.25) is 0 Å². The summed E-state index contributed by atoms with van der Waals surface area (Å²) in [6.07, 6.45) is 7.61. The molecule has 24 heavy (non-hydrogen) atoms. The van der Waals surface area contributed by atoms with Crippen molar-refractivity contribution in [2.45, 2.75) is 64.3 Å². The Morgan fingerprint density at radius 2 is 2.29 bits per heavy atom. The molecule has 2 heterocycles. The monoisotopic (exact) mass is 333 g/mol. The van der Waals surface area contributed by atoms with Gasteiger partial charge in [0.1, 0.15) is 11.6 Å². The van der Waals surface area contributed by atoms with E-state index >= 15 is 0 Å². The summed E-state index contributed by atoms with van der Waals surface area (Å²) in [4.78, 5) is 22.3. The summed E-state index contributed by atoms with van der Waals surface area (Å²) in [5, 5.41) is 11.0. The first-order chi connectivity index (χ1) is 11.6. The number of unbranched alkanes of at least 4 members (excludes halogenated alkanes) is 1. The fourth-order valence-corrected chi connectivity index (χ4v) is 3.35. The minimum Gasteiger partial charge on any atom is -0.367 e. The third-order valence-electron chi connectivity index (χ3n) is 4.87. The molecule has 1 saturated heterocycles. The molecule has 134 valence electrons. The van der Waals surface area contributed by atoms with Crippen molar-refractivity contribution in [1.82, 2.24) is 14.9 Å². The predicted octanol–water partition coefficient (Wildman–Crippen LogP) is 2.96. The van der Waals surface area contributed by atoms with Crippen LogP contribution in [0, 0.1) is 5.41 Å². The Labute approximate surface area is 144 Å². The number of anilines is 1. The van der Waals surface area contributed by atoms with Gasteiger partial charge in [0, 0.05) is 24.7 Å². The number of piperidine rings is 1. The van der Waals surface area contributed by atoms with Gasteiger partial charge in [-0.3, -0.25) is 4.79 Å². The van der Waals surface area contributed by atoms with E-state index in [-0.39, 0.29) is 11.5 Å². The van der Waals surface area contributed by atoms with Crippen LogP contribution in [0.2, 0.25) is 0 Å². The number of likely N-dealkylation sites (tertiary alicyclic amines) is 1. The van der Waals surface area contributed by atoms with Gasteiger partial charge in [-0.25, -0.2) is 4.98 Å². The average molecular weight is 333 g/mol. The number of aromatic nitrogens is 2. The Kier molecular flexibility index (Phi) is 6.97. The predicted molar refractivity (Wildman–Crippen MR) is 99.4 cm³/mol. The van der Waals surface area contributed by atoms with Crippen molar-refractivity contribution in [3.8, 4) is 0 Å². The van der Waals surface area contributed by atoms with Gasteiger partial charge in [0.15, 0.2) is 0 Å². The number of aromatic amines is 1. The quantitative estimate of drug-likeness (QED) is 0.639. The van der Waals surface area contributed by atoms with Crippen molar-refractivity contribution in [2.75, 3.05) is 25.5 Å². The second-order valence-electron chi connectivity index (χ2n) is 6.85. The van der Waals surface area contributed by atoms with Crippen molar-refractivity contribution in [2.24, 2.45) is 0 Å². The molecule has 1 fully saturated rings. The van der Waals surface area contributed by atoms with Crippen LogP contribution in [0.1, 0.15) is 69.7 Å². The van der Waals surface area contributed by atoms with Crippen LogP contribution in [-0.2, 0) is 0 Å². The molecule has 2 unspecified atom stereocenters. The molecule has 1 aliphatic rings. The summed E-state index contributed by atoms with van der Waals surface area (Å²) in [5.41, 5.74) is 0.119. The fourth-order valence-electron chi connectivity index (χ4n) is 3.35. The number of hydrogen-bond acceptors (Lipinski definition) is 5. The van der Waals surface area contributed by atoms with Crippen LogP contribution < -0.4 is 10.9 Å². The van der Waals surface area contributed by atoms with E-state index in [0.717, 1.165) is 63.7 Å². The normalized spacial score (nSPS) is 19.9. The van der Waals surface area contributed by atoms with Crippen molar-refractivity contribution >= 4 is 12.0 Å². The molecule has 6 heteroatoms. The lowest BCUT2D eigenvalue weighted by molar-refractivity contribution is 0.245. The summed E-state index contributed by atoms with van der Waals surface area (Å²) in [6.45, 7) is 6.33. The van der Waals surface area contributed by atoms with Gasteiger partial charge in [-0.05, 0) is 39.3 Å². The molecule has 0 saturated carbocycles. The molecule has 6 nitrogen and oxygen atoms in total. The topological polar surface area (TPSA) is 84.9 Å². The highest BCUT2D eigenvalue weighted by Gasteiger charge is 2.23. The maximum absolute atomic E-state index is 12.4. The Bertz CT molecular complexity index is 598. The fraction of sp³-hybridized carbons (Fsp3) is 0.722. The van der Waals surface area contributed by atoms with Crippen molar-refractivity contribution < 1.29 is 0 Å². The zero-order valence-electron chi connectivity index (χ0n) is 15.2. The van der Waals surface area contributed by atoms with Crippen molar-refractivity contribution in [1.29, 1.82) is 5.41 Å². The van der Waals surface area contributed by atoms with Gasteiger partial charge in [0.25, 0.3) is 5.56 Å². The SMILES string of the molecule is CCCCC(CC)Nc1nc(C2CCCN(C)C2)[nH]c(=O)c1C=N. The molecular formula is C18H31N5O. The van der Waals surface area contributed by atoms with Gasteiger partial charge in [0.05, 0.1) is 5.56 Å². The number of likely N-dealkylation sites (N-methyl/N-ethyl adjacent to an activating group) is 1. The summed E-state index contributed by atoms with van der Waals surface area (Å²) in [7, 11) is 2.10. The molecule has 2 rings (SSSR count). The second-order valence-corrected chi connectivity index (χ2v) is 6.85. The summed E-state index contributed by atoms with van der Waals surface area (Å²) in [6, 6.07) is 0.292. The van der Waals surface area contributed by atoms with Crippen LogP contribution in [0.25, 0.3) is 0 Å². The zero-order valence-corrected chi connectivity index (χ0v) is 15.2. The number of nitrogens with one attached hydrogen (secondary N) is 3. The van der Waals surface area contributed by atoms with E-state index in [2.05, 4.69) is 36.1 Å². The summed E-state index contributed by atoms with van der Waals surface area (Å²) >= 11 is 0. The molecule has 1 aromatic heterocycles. The van der Waals surface area contributed by atoms with Gasteiger partial charge < -0.3 is 20.6 Å². The first kappa shape index (κ1) is 18.6. The zero-order chi connectivity index (χ0) is 17.5. The minimum atomic E-state index is -0.212. The van der Waals surface area contributed by atoms with Crippen LogP contribution in [-0.4, -0.2) is 47.3 Å². The molecule has 0 aromatic carbocycles. The molecule has 0 aliphatic carbocycles. The van der Waals surface area contributed by atoms with Gasteiger partial charge in [-0.2, -0.15) is 0 Å². The highest BCUT2D eigenvalue weighted by molar-refractivity contribution is 5.83. The van der Waals surface area contributed by atoms with Gasteiger partial charge in [-0.15, -0.1) is 0 Å². The Morgan fingerprint density at radius 3 is 2.92 bits per heavy atom. The third-order valence-corrected chi connectivity index (χ3v) is 4.87. The Balaban J connectivity index is 2.27. The summed E-state index contributed by atoms with van der Waals surface area (Å²) in [5.74, 6) is 1.58. The molecule has 3 N–H and O–H groups in total. The van der Waals surface area contributed by atoms with Gasteiger partial charge >= 0.3 is 0 Å². The van der Waals surface area contributed by atoms with E-state index in [1.54, 1.807) is 0 Å². The van der Waals surface area contributed by atoms with Gasteiger partial charge in [-0.1, -0.05) is 26.7 Å². The Hall–Kier alpha value is -1.69. The van der Waals surface area contributed by atoms with Crippen LogP contribution in [0.3, 0.4) is 0 Å². The van der Waals surface area contributed by atoms with Crippen molar-refractivity contribution in [3.63, 3.8) is 0 Å². The van der Waals surface area contributed by atoms with Crippen LogP contribution >= 0.6 is 0 Å². The standard InChI is InChI=1S/C18H31N5O/c1-4-6-9-14(5-2)20-17-15(11-19)18(24)22-16(21-17)13-8-7-10-23(3)12-13/h11,13-14,19H,4-10,12H2,1-3H3,(H2,20,21,22,24). The van der Waals surface area contributed by atoms with E-state index in [1.165, 1.54) is 0 Å². The molecule has 0 spiro atoms. The number of rotatable bonds is 8. The average Bonchev–Trinajstić information content (AvgIpc) is 2.58. The molecule has 2 atom stereocenters. The number of nitrogens with zero attached hydrogens (tertiary/aromatic N) is 2. The number of hydrogen-bond donors (Lipinski definition) is 3. The largest absolute Gasteiger partial charge is 0.367 e. The lowest BCUT2D eigenvalue weighted by atomic mass is 9.97. The highest BCUT2D eigenvalue weighted by Crippen LogP contribution is 2.24.